The Bertz CT molecular complexity index is 735. The average molecular weight is 384 g/mol. The molecule has 0 bridgehead atoms. The van der Waals surface area contributed by atoms with Crippen LogP contribution in [-0.4, -0.2) is 15.5 Å². The van der Waals surface area contributed by atoms with Gasteiger partial charge in [-0.05, 0) is 31.6 Å². The summed E-state index contributed by atoms with van der Waals surface area (Å²) < 4.78 is 2.27. The summed E-state index contributed by atoms with van der Waals surface area (Å²) in [6.45, 7) is 8.73. The van der Waals surface area contributed by atoms with Crippen molar-refractivity contribution in [3.8, 4) is 0 Å². The summed E-state index contributed by atoms with van der Waals surface area (Å²) in [4.78, 5) is 16.5. The zero-order valence-electron chi connectivity index (χ0n) is 17.8. The molecule has 4 heteroatoms. The highest BCUT2D eigenvalue weighted by atomic mass is 16.1. The molecule has 1 N–H and O–H groups in total. The minimum absolute atomic E-state index is 0.138. The normalized spacial score (nSPS) is 12.2. The van der Waals surface area contributed by atoms with Crippen molar-refractivity contribution in [1.82, 2.24) is 14.9 Å². The third-order valence-corrected chi connectivity index (χ3v) is 5.35. The van der Waals surface area contributed by atoms with Gasteiger partial charge in [-0.25, -0.2) is 4.98 Å². The number of imidazole rings is 1. The van der Waals surface area contributed by atoms with Gasteiger partial charge in [0.1, 0.15) is 5.82 Å². The van der Waals surface area contributed by atoms with Crippen molar-refractivity contribution in [2.75, 3.05) is 0 Å². The number of nitrogens with zero attached hydrogens (tertiary/aromatic N) is 2. The van der Waals surface area contributed by atoms with Gasteiger partial charge in [-0.15, -0.1) is 0 Å². The van der Waals surface area contributed by atoms with Gasteiger partial charge in [0.25, 0.3) is 0 Å². The highest BCUT2D eigenvalue weighted by Gasteiger charge is 2.17. The summed E-state index contributed by atoms with van der Waals surface area (Å²) in [7, 11) is 0. The molecule has 1 amide bonds. The third-order valence-electron chi connectivity index (χ3n) is 5.35. The number of carbonyl (C=O) groups is 1. The fourth-order valence-electron chi connectivity index (χ4n) is 3.75. The van der Waals surface area contributed by atoms with Crippen molar-refractivity contribution in [3.63, 3.8) is 0 Å². The Morgan fingerprint density at radius 2 is 1.68 bits per heavy atom. The number of unbranched alkanes of at least 4 members (excludes halogenated alkanes) is 9. The highest BCUT2D eigenvalue weighted by Crippen LogP contribution is 2.22. The monoisotopic (exact) mass is 383 g/mol. The Morgan fingerprint density at radius 3 is 2.32 bits per heavy atom. The molecule has 154 valence electrons. The summed E-state index contributed by atoms with van der Waals surface area (Å²) >= 11 is 0. The zero-order chi connectivity index (χ0) is 20.2. The van der Waals surface area contributed by atoms with E-state index < -0.39 is 0 Å². The maximum Gasteiger partial charge on any atom is 0.243 e. The van der Waals surface area contributed by atoms with E-state index in [9.17, 15) is 4.79 Å². The van der Waals surface area contributed by atoms with Crippen LogP contribution >= 0.6 is 0 Å². The summed E-state index contributed by atoms with van der Waals surface area (Å²) in [5.41, 5.74) is 2.14. The predicted octanol–water partition coefficient (Wildman–Crippen LogP) is 6.32. The number of amides is 1. The maximum absolute atomic E-state index is 11.7. The molecule has 1 heterocycles. The van der Waals surface area contributed by atoms with Gasteiger partial charge in [-0.1, -0.05) is 83.4 Å². The van der Waals surface area contributed by atoms with Crippen molar-refractivity contribution in [2.45, 2.75) is 90.6 Å². The number of aryl methyl sites for hydroxylation is 1. The van der Waals surface area contributed by atoms with Gasteiger partial charge in [0.15, 0.2) is 0 Å². The number of carbonyl (C=O) groups excluding carboxylic acids is 1. The van der Waals surface area contributed by atoms with E-state index in [2.05, 4.69) is 35.5 Å². The summed E-state index contributed by atoms with van der Waals surface area (Å²) in [6.07, 6.45) is 14.6. The van der Waals surface area contributed by atoms with Gasteiger partial charge < -0.3 is 9.88 Å². The van der Waals surface area contributed by atoms with Crippen molar-refractivity contribution < 1.29 is 4.79 Å². The van der Waals surface area contributed by atoms with E-state index in [0.717, 1.165) is 29.8 Å². The lowest BCUT2D eigenvalue weighted by atomic mass is 10.1. The lowest BCUT2D eigenvalue weighted by molar-refractivity contribution is -0.117. The van der Waals surface area contributed by atoms with Crippen LogP contribution in [0.5, 0.6) is 0 Å². The molecule has 0 fully saturated rings. The van der Waals surface area contributed by atoms with Crippen molar-refractivity contribution in [3.05, 3.63) is 42.7 Å². The van der Waals surface area contributed by atoms with Gasteiger partial charge in [-0.3, -0.25) is 4.79 Å². The number of rotatable bonds is 14. The quantitative estimate of drug-likeness (QED) is 0.306. The van der Waals surface area contributed by atoms with E-state index in [-0.39, 0.29) is 11.9 Å². The summed E-state index contributed by atoms with van der Waals surface area (Å²) in [5.74, 6) is 0.761. The molecule has 0 aliphatic heterocycles. The number of fused-ring (bicyclic) bond motifs is 1. The van der Waals surface area contributed by atoms with E-state index >= 15 is 0 Å². The molecule has 0 radical (unpaired) electrons. The Morgan fingerprint density at radius 1 is 1.07 bits per heavy atom. The van der Waals surface area contributed by atoms with Crippen LogP contribution in [0.3, 0.4) is 0 Å². The molecule has 4 nitrogen and oxygen atoms in total. The smallest absolute Gasteiger partial charge is 0.243 e. The first-order valence-corrected chi connectivity index (χ1v) is 11.1. The molecular weight excluding hydrogens is 346 g/mol. The van der Waals surface area contributed by atoms with Crippen molar-refractivity contribution >= 4 is 16.9 Å². The van der Waals surface area contributed by atoms with Crippen LogP contribution in [0.4, 0.5) is 0 Å². The van der Waals surface area contributed by atoms with Crippen LogP contribution in [0.25, 0.3) is 11.0 Å². The standard InChI is InChI=1S/C24H37N3O/c1-4-6-7-8-9-10-11-12-13-16-19-27-22-18-15-14-17-21(22)26-24(27)20(3)25-23(28)5-2/h5,14-15,17-18,20H,2,4,6-13,16,19H2,1,3H3,(H,25,28). The third kappa shape index (κ3) is 6.81. The Balaban J connectivity index is 1.84. The van der Waals surface area contributed by atoms with Gasteiger partial charge in [0.05, 0.1) is 17.1 Å². The zero-order valence-corrected chi connectivity index (χ0v) is 17.8. The summed E-state index contributed by atoms with van der Waals surface area (Å²) in [5, 5.41) is 2.95. The topological polar surface area (TPSA) is 46.9 Å². The molecule has 0 saturated carbocycles. The second-order valence-corrected chi connectivity index (χ2v) is 7.73. The molecule has 0 aliphatic carbocycles. The number of nitrogens with one attached hydrogen (secondary N) is 1. The number of para-hydroxylation sites is 2. The molecule has 1 aromatic heterocycles. The molecule has 0 spiro atoms. The number of hydrogen-bond acceptors (Lipinski definition) is 2. The number of hydrogen-bond donors (Lipinski definition) is 1. The largest absolute Gasteiger partial charge is 0.343 e. The highest BCUT2D eigenvalue weighted by molar-refractivity contribution is 5.87. The van der Waals surface area contributed by atoms with E-state index in [1.807, 2.05) is 19.1 Å². The second kappa shape index (κ2) is 12.4. The Labute approximate surface area is 170 Å². The van der Waals surface area contributed by atoms with Gasteiger partial charge in [0, 0.05) is 6.54 Å². The average Bonchev–Trinajstić information content (AvgIpc) is 3.08. The molecule has 2 rings (SSSR count). The Hall–Kier alpha value is -2.10. The van der Waals surface area contributed by atoms with Crippen molar-refractivity contribution in [1.29, 1.82) is 0 Å². The van der Waals surface area contributed by atoms with Crippen LogP contribution in [0.1, 0.15) is 89.9 Å². The second-order valence-electron chi connectivity index (χ2n) is 7.73. The SMILES string of the molecule is C=CC(=O)NC(C)c1nc2ccccc2n1CCCCCCCCCCCC. The molecule has 0 aliphatic rings. The van der Waals surface area contributed by atoms with Crippen LogP contribution < -0.4 is 5.32 Å². The fourth-order valence-corrected chi connectivity index (χ4v) is 3.75. The van der Waals surface area contributed by atoms with E-state index in [1.54, 1.807) is 0 Å². The molecule has 1 unspecified atom stereocenters. The van der Waals surface area contributed by atoms with Gasteiger partial charge >= 0.3 is 0 Å². The maximum atomic E-state index is 11.7. The molecule has 2 aromatic rings. The first kappa shape index (κ1) is 22.2. The fraction of sp³-hybridized carbons (Fsp3) is 0.583. The molecule has 0 saturated heterocycles. The number of benzene rings is 1. The minimum Gasteiger partial charge on any atom is -0.343 e. The van der Waals surface area contributed by atoms with Crippen LogP contribution in [0.15, 0.2) is 36.9 Å². The van der Waals surface area contributed by atoms with E-state index in [4.69, 9.17) is 4.98 Å². The van der Waals surface area contributed by atoms with Crippen LogP contribution in [-0.2, 0) is 11.3 Å². The lowest BCUT2D eigenvalue weighted by Crippen LogP contribution is -2.27. The van der Waals surface area contributed by atoms with Gasteiger partial charge in [0.2, 0.25) is 5.91 Å². The number of aromatic nitrogens is 2. The Kier molecular flexibility index (Phi) is 9.81. The van der Waals surface area contributed by atoms with Gasteiger partial charge in [-0.2, -0.15) is 0 Å². The van der Waals surface area contributed by atoms with Crippen molar-refractivity contribution in [2.24, 2.45) is 0 Å². The first-order valence-electron chi connectivity index (χ1n) is 11.1. The minimum atomic E-state index is -0.162. The molecular formula is C24H37N3O. The molecule has 1 atom stereocenters. The van der Waals surface area contributed by atoms with Crippen LogP contribution in [0.2, 0.25) is 0 Å². The van der Waals surface area contributed by atoms with E-state index in [1.165, 1.54) is 63.9 Å². The van der Waals surface area contributed by atoms with E-state index in [0.29, 0.717) is 0 Å². The molecule has 28 heavy (non-hydrogen) atoms. The summed E-state index contributed by atoms with van der Waals surface area (Å²) in [6, 6.07) is 8.08. The predicted molar refractivity (Wildman–Crippen MR) is 118 cm³/mol. The first-order chi connectivity index (χ1) is 13.7. The van der Waals surface area contributed by atoms with Crippen LogP contribution in [0, 0.1) is 0 Å². The lowest BCUT2D eigenvalue weighted by Gasteiger charge is -2.15. The molecule has 1 aromatic carbocycles.